The number of nitrogens with one attached hydrogen (secondary N) is 2. The highest BCUT2D eigenvalue weighted by atomic mass is 35.5. The van der Waals surface area contributed by atoms with E-state index in [4.69, 9.17) is 11.6 Å². The summed E-state index contributed by atoms with van der Waals surface area (Å²) in [6, 6.07) is 29.1. The van der Waals surface area contributed by atoms with Gasteiger partial charge in [-0.3, -0.25) is 9.59 Å². The van der Waals surface area contributed by atoms with Crippen LogP contribution in [0.25, 0.3) is 0 Å². The Morgan fingerprint density at radius 2 is 1.51 bits per heavy atom. The largest absolute Gasteiger partial charge is 0.368 e. The van der Waals surface area contributed by atoms with Crippen molar-refractivity contribution >= 4 is 39.1 Å². The van der Waals surface area contributed by atoms with Crippen LogP contribution in [0.4, 0.5) is 5.69 Å². The summed E-state index contributed by atoms with van der Waals surface area (Å²) in [6.45, 7) is 3.49. The smallest absolute Gasteiger partial charge is 0.245 e. The Balaban J connectivity index is 1.04. The standard InChI is InChI=1S/C38H40ClN5O4S/c39-31-15-13-27(14-16-31)23-35(41-37(45)34-24-29-7-4-5-8-30(29)25-40-34)38(46)43-21-19-42(20-22-43)36-12-6-9-28-17-18-44(26-33(28)36)49(47,48)32-10-2-1-3-11-32/h1-16,34-35,40H,17-26H2,(H,41,45)/t34-,35-/m1/s1. The zero-order chi connectivity index (χ0) is 34.0. The summed E-state index contributed by atoms with van der Waals surface area (Å²) < 4.78 is 28.5. The molecular weight excluding hydrogens is 658 g/mol. The highest BCUT2D eigenvalue weighted by Crippen LogP contribution is 2.32. The van der Waals surface area contributed by atoms with Gasteiger partial charge in [0.15, 0.2) is 0 Å². The molecule has 2 amide bonds. The zero-order valence-electron chi connectivity index (χ0n) is 27.2. The monoisotopic (exact) mass is 697 g/mol. The molecule has 3 aliphatic heterocycles. The van der Waals surface area contributed by atoms with Gasteiger partial charge in [-0.1, -0.05) is 78.3 Å². The maximum absolute atomic E-state index is 14.1. The highest BCUT2D eigenvalue weighted by molar-refractivity contribution is 7.89. The van der Waals surface area contributed by atoms with Crippen molar-refractivity contribution in [2.45, 2.75) is 49.3 Å². The number of sulfonamides is 1. The Hall–Kier alpha value is -4.22. The van der Waals surface area contributed by atoms with Crippen molar-refractivity contribution < 1.29 is 18.0 Å². The van der Waals surface area contributed by atoms with Crippen molar-refractivity contribution in [1.82, 2.24) is 19.8 Å². The molecule has 4 aromatic carbocycles. The van der Waals surface area contributed by atoms with Crippen LogP contribution in [0.5, 0.6) is 0 Å². The van der Waals surface area contributed by atoms with Gasteiger partial charge in [0.25, 0.3) is 0 Å². The summed E-state index contributed by atoms with van der Waals surface area (Å²) in [4.78, 5) is 32.1. The number of fused-ring (bicyclic) bond motifs is 2. The summed E-state index contributed by atoms with van der Waals surface area (Å²) in [5.41, 5.74) is 6.41. The predicted octanol–water partition coefficient (Wildman–Crippen LogP) is 4.18. The highest BCUT2D eigenvalue weighted by Gasteiger charge is 2.34. The minimum absolute atomic E-state index is 0.116. The van der Waals surface area contributed by atoms with Gasteiger partial charge < -0.3 is 20.4 Å². The van der Waals surface area contributed by atoms with Crippen LogP contribution in [-0.4, -0.2) is 74.2 Å². The molecule has 9 nitrogen and oxygen atoms in total. The van der Waals surface area contributed by atoms with Crippen LogP contribution in [0.2, 0.25) is 5.02 Å². The fraction of sp³-hybridized carbons (Fsp3) is 0.316. The number of carbonyl (C=O) groups is 2. The second-order valence-electron chi connectivity index (χ2n) is 12.9. The minimum Gasteiger partial charge on any atom is -0.368 e. The van der Waals surface area contributed by atoms with Crippen LogP contribution in [0.1, 0.15) is 27.8 Å². The fourth-order valence-electron chi connectivity index (χ4n) is 7.14. The Morgan fingerprint density at radius 1 is 0.816 bits per heavy atom. The minimum atomic E-state index is -3.63. The molecule has 2 N–H and O–H groups in total. The summed E-state index contributed by atoms with van der Waals surface area (Å²) in [5.74, 6) is -0.305. The van der Waals surface area contributed by atoms with E-state index in [1.807, 2.05) is 47.4 Å². The summed E-state index contributed by atoms with van der Waals surface area (Å²) in [6.07, 6.45) is 1.55. The lowest BCUT2D eigenvalue weighted by atomic mass is 9.95. The average molecular weight is 698 g/mol. The van der Waals surface area contributed by atoms with Gasteiger partial charge in [-0.2, -0.15) is 4.31 Å². The molecule has 2 atom stereocenters. The molecule has 0 radical (unpaired) electrons. The van der Waals surface area contributed by atoms with E-state index in [0.717, 1.165) is 27.9 Å². The average Bonchev–Trinajstić information content (AvgIpc) is 3.15. The van der Waals surface area contributed by atoms with Gasteiger partial charge in [-0.25, -0.2) is 8.42 Å². The summed E-state index contributed by atoms with van der Waals surface area (Å²) in [7, 11) is -3.63. The Morgan fingerprint density at radius 3 is 2.27 bits per heavy atom. The molecule has 0 bridgehead atoms. The van der Waals surface area contributed by atoms with Gasteiger partial charge in [0.2, 0.25) is 21.8 Å². The number of halogens is 1. The number of anilines is 1. The molecule has 254 valence electrons. The normalized spacial score (nSPS) is 18.7. The second kappa shape index (κ2) is 14.3. The van der Waals surface area contributed by atoms with Crippen molar-refractivity contribution in [2.24, 2.45) is 0 Å². The number of rotatable bonds is 8. The van der Waals surface area contributed by atoms with Crippen LogP contribution in [0.15, 0.2) is 102 Å². The second-order valence-corrected chi connectivity index (χ2v) is 15.3. The molecule has 0 unspecified atom stereocenters. The van der Waals surface area contributed by atoms with Gasteiger partial charge >= 0.3 is 0 Å². The van der Waals surface area contributed by atoms with Crippen LogP contribution in [0.3, 0.4) is 0 Å². The van der Waals surface area contributed by atoms with E-state index in [0.29, 0.717) is 75.0 Å². The molecule has 0 aromatic heterocycles. The van der Waals surface area contributed by atoms with Gasteiger partial charge in [-0.15, -0.1) is 0 Å². The molecule has 1 saturated heterocycles. The number of hydrogen-bond acceptors (Lipinski definition) is 6. The van der Waals surface area contributed by atoms with E-state index in [1.54, 1.807) is 40.7 Å². The predicted molar refractivity (Wildman–Crippen MR) is 191 cm³/mol. The molecule has 0 saturated carbocycles. The molecule has 0 aliphatic carbocycles. The third kappa shape index (κ3) is 7.23. The maximum Gasteiger partial charge on any atom is 0.245 e. The first-order chi connectivity index (χ1) is 23.8. The molecule has 1 fully saturated rings. The van der Waals surface area contributed by atoms with Crippen molar-refractivity contribution in [3.05, 3.63) is 130 Å². The van der Waals surface area contributed by atoms with Crippen molar-refractivity contribution in [1.29, 1.82) is 0 Å². The van der Waals surface area contributed by atoms with Gasteiger partial charge in [0, 0.05) is 62.9 Å². The van der Waals surface area contributed by atoms with Crippen molar-refractivity contribution in [2.75, 3.05) is 37.6 Å². The van der Waals surface area contributed by atoms with Crippen LogP contribution < -0.4 is 15.5 Å². The molecule has 7 rings (SSSR count). The first-order valence-corrected chi connectivity index (χ1v) is 18.6. The lowest BCUT2D eigenvalue weighted by Gasteiger charge is -2.40. The van der Waals surface area contributed by atoms with Crippen LogP contribution in [0, 0.1) is 0 Å². The van der Waals surface area contributed by atoms with E-state index in [-0.39, 0.29) is 11.8 Å². The number of piperazine rings is 1. The van der Waals surface area contributed by atoms with E-state index in [1.165, 1.54) is 5.56 Å². The number of hydrogen-bond donors (Lipinski definition) is 2. The lowest BCUT2D eigenvalue weighted by molar-refractivity contribution is -0.137. The first kappa shape index (κ1) is 33.3. The Kier molecular flexibility index (Phi) is 9.73. The third-order valence-electron chi connectivity index (χ3n) is 9.89. The van der Waals surface area contributed by atoms with Crippen molar-refractivity contribution in [3.8, 4) is 0 Å². The topological polar surface area (TPSA) is 102 Å². The quantitative estimate of drug-likeness (QED) is 0.287. The van der Waals surface area contributed by atoms with E-state index >= 15 is 0 Å². The summed E-state index contributed by atoms with van der Waals surface area (Å²) in [5, 5.41) is 7.04. The van der Waals surface area contributed by atoms with Gasteiger partial charge in [-0.05, 0) is 71.0 Å². The van der Waals surface area contributed by atoms with Crippen LogP contribution in [-0.2, 0) is 52.0 Å². The SMILES string of the molecule is O=C(N[C@H](Cc1ccc(Cl)cc1)C(=O)N1CCN(c2cccc3c2CN(S(=O)(=O)c2ccccc2)CC3)CC1)[C@H]1Cc2ccccc2CN1. The molecular formula is C38H40ClN5O4S. The molecule has 11 heteroatoms. The number of carbonyl (C=O) groups excluding carboxylic acids is 2. The first-order valence-electron chi connectivity index (χ1n) is 16.8. The van der Waals surface area contributed by atoms with Gasteiger partial charge in [0.1, 0.15) is 6.04 Å². The fourth-order valence-corrected chi connectivity index (χ4v) is 8.69. The number of amides is 2. The summed E-state index contributed by atoms with van der Waals surface area (Å²) >= 11 is 6.14. The molecule has 3 heterocycles. The lowest BCUT2D eigenvalue weighted by Crippen LogP contribution is -2.58. The van der Waals surface area contributed by atoms with Crippen LogP contribution >= 0.6 is 11.6 Å². The number of nitrogens with zero attached hydrogens (tertiary/aromatic N) is 3. The number of benzene rings is 4. The van der Waals surface area contributed by atoms with Crippen molar-refractivity contribution in [3.63, 3.8) is 0 Å². The Labute approximate surface area is 292 Å². The third-order valence-corrected chi connectivity index (χ3v) is 12.0. The molecule has 0 spiro atoms. The van der Waals surface area contributed by atoms with E-state index in [2.05, 4.69) is 33.7 Å². The van der Waals surface area contributed by atoms with Gasteiger partial charge in [0.05, 0.1) is 10.9 Å². The molecule has 4 aromatic rings. The zero-order valence-corrected chi connectivity index (χ0v) is 28.8. The maximum atomic E-state index is 14.1. The Bertz CT molecular complexity index is 1930. The van der Waals surface area contributed by atoms with E-state index < -0.39 is 22.1 Å². The molecule has 49 heavy (non-hydrogen) atoms. The molecule has 3 aliphatic rings. The van der Waals surface area contributed by atoms with E-state index in [9.17, 15) is 18.0 Å².